The fourth-order valence-electron chi connectivity index (χ4n) is 1.85. The second kappa shape index (κ2) is 8.07. The summed E-state index contributed by atoms with van der Waals surface area (Å²) < 4.78 is 12.7. The number of halogens is 1. The highest BCUT2D eigenvalue weighted by molar-refractivity contribution is 5.43. The van der Waals surface area contributed by atoms with Gasteiger partial charge in [-0.1, -0.05) is 32.6 Å². The average Bonchev–Trinajstić information content (AvgIpc) is 2.35. The Balaban J connectivity index is 2.33. The van der Waals surface area contributed by atoms with Crippen LogP contribution >= 0.6 is 0 Å². The number of unbranched alkanes of at least 4 members (excludes halogenated alkanes) is 3. The van der Waals surface area contributed by atoms with Crippen LogP contribution in [0.2, 0.25) is 0 Å². The molecule has 0 radical (unpaired) electrons. The van der Waals surface area contributed by atoms with E-state index in [-0.39, 0.29) is 11.9 Å². The number of anilines is 1. The molecule has 1 atom stereocenters. The first-order valence-electron chi connectivity index (χ1n) is 6.48. The van der Waals surface area contributed by atoms with Gasteiger partial charge in [0.25, 0.3) is 0 Å². The van der Waals surface area contributed by atoms with Crippen LogP contribution in [-0.4, -0.2) is 12.6 Å². The zero-order chi connectivity index (χ0) is 12.5. The minimum absolute atomic E-state index is 0.206. The Labute approximate surface area is 103 Å². The summed E-state index contributed by atoms with van der Waals surface area (Å²) in [6.45, 7) is 2.82. The molecule has 0 aliphatic heterocycles. The van der Waals surface area contributed by atoms with Gasteiger partial charge in [0.15, 0.2) is 0 Å². The van der Waals surface area contributed by atoms with E-state index in [0.29, 0.717) is 6.54 Å². The molecule has 1 unspecified atom stereocenters. The van der Waals surface area contributed by atoms with Crippen LogP contribution in [0.1, 0.15) is 39.0 Å². The summed E-state index contributed by atoms with van der Waals surface area (Å²) in [5.74, 6) is -0.206. The predicted molar refractivity (Wildman–Crippen MR) is 71.6 cm³/mol. The first-order valence-corrected chi connectivity index (χ1v) is 6.48. The van der Waals surface area contributed by atoms with Crippen molar-refractivity contribution in [3.8, 4) is 0 Å². The Morgan fingerprint density at radius 3 is 2.47 bits per heavy atom. The molecule has 96 valence electrons. The van der Waals surface area contributed by atoms with Crippen LogP contribution in [-0.2, 0) is 0 Å². The van der Waals surface area contributed by atoms with Crippen LogP contribution < -0.4 is 11.1 Å². The van der Waals surface area contributed by atoms with Crippen molar-refractivity contribution >= 4 is 5.69 Å². The molecule has 0 spiro atoms. The normalized spacial score (nSPS) is 12.4. The van der Waals surface area contributed by atoms with E-state index in [2.05, 4.69) is 12.2 Å². The molecule has 0 aromatic heterocycles. The topological polar surface area (TPSA) is 38.0 Å². The molecule has 0 fully saturated rings. The fourth-order valence-corrected chi connectivity index (χ4v) is 1.85. The minimum Gasteiger partial charge on any atom is -0.381 e. The molecule has 17 heavy (non-hydrogen) atoms. The largest absolute Gasteiger partial charge is 0.381 e. The number of rotatable bonds is 8. The standard InChI is InChI=1S/C14H23FN2/c1-2-3-4-5-6-14(11-16)17-13-9-7-12(15)8-10-13/h7-10,14,17H,2-6,11,16H2,1H3. The van der Waals surface area contributed by atoms with Crippen molar-refractivity contribution in [3.05, 3.63) is 30.1 Å². The van der Waals surface area contributed by atoms with Crippen LogP contribution in [0, 0.1) is 5.82 Å². The Hall–Kier alpha value is -1.09. The lowest BCUT2D eigenvalue weighted by atomic mass is 10.1. The molecule has 0 bridgehead atoms. The van der Waals surface area contributed by atoms with Gasteiger partial charge in [-0.05, 0) is 30.7 Å². The maximum Gasteiger partial charge on any atom is 0.123 e. The molecule has 0 saturated heterocycles. The molecule has 0 amide bonds. The van der Waals surface area contributed by atoms with Gasteiger partial charge in [-0.25, -0.2) is 4.39 Å². The maximum absolute atomic E-state index is 12.7. The lowest BCUT2D eigenvalue weighted by Gasteiger charge is -2.18. The van der Waals surface area contributed by atoms with Crippen molar-refractivity contribution in [3.63, 3.8) is 0 Å². The number of benzene rings is 1. The van der Waals surface area contributed by atoms with Crippen molar-refractivity contribution in [1.29, 1.82) is 0 Å². The van der Waals surface area contributed by atoms with E-state index < -0.39 is 0 Å². The summed E-state index contributed by atoms with van der Waals surface area (Å²) in [7, 11) is 0. The molecule has 3 heteroatoms. The van der Waals surface area contributed by atoms with Gasteiger partial charge >= 0.3 is 0 Å². The van der Waals surface area contributed by atoms with Gasteiger partial charge in [-0.15, -0.1) is 0 Å². The molecule has 1 aromatic rings. The Morgan fingerprint density at radius 1 is 1.18 bits per heavy atom. The summed E-state index contributed by atoms with van der Waals surface area (Å²) in [6.07, 6.45) is 6.07. The molecule has 0 heterocycles. The van der Waals surface area contributed by atoms with Gasteiger partial charge < -0.3 is 11.1 Å². The quantitative estimate of drug-likeness (QED) is 0.680. The zero-order valence-electron chi connectivity index (χ0n) is 10.6. The Kier molecular flexibility index (Phi) is 6.63. The smallest absolute Gasteiger partial charge is 0.123 e. The lowest BCUT2D eigenvalue weighted by Crippen LogP contribution is -2.28. The van der Waals surface area contributed by atoms with Crippen molar-refractivity contribution in [2.75, 3.05) is 11.9 Å². The van der Waals surface area contributed by atoms with Crippen molar-refractivity contribution in [2.45, 2.75) is 45.1 Å². The molecule has 1 aromatic carbocycles. The zero-order valence-corrected chi connectivity index (χ0v) is 10.6. The van der Waals surface area contributed by atoms with Crippen LogP contribution in [0.15, 0.2) is 24.3 Å². The maximum atomic E-state index is 12.7. The van der Waals surface area contributed by atoms with Gasteiger partial charge in [-0.3, -0.25) is 0 Å². The van der Waals surface area contributed by atoms with E-state index in [1.807, 2.05) is 0 Å². The predicted octanol–water partition coefficient (Wildman–Crippen LogP) is 3.54. The second-order valence-electron chi connectivity index (χ2n) is 4.43. The molecule has 3 N–H and O–H groups in total. The van der Waals surface area contributed by atoms with Crippen molar-refractivity contribution in [2.24, 2.45) is 5.73 Å². The van der Waals surface area contributed by atoms with Crippen LogP contribution in [0.3, 0.4) is 0 Å². The molecular formula is C14H23FN2. The molecule has 0 aliphatic carbocycles. The van der Waals surface area contributed by atoms with Gasteiger partial charge in [0, 0.05) is 18.3 Å². The molecule has 2 nitrogen and oxygen atoms in total. The van der Waals surface area contributed by atoms with Crippen molar-refractivity contribution in [1.82, 2.24) is 0 Å². The lowest BCUT2D eigenvalue weighted by molar-refractivity contribution is 0.575. The summed E-state index contributed by atoms with van der Waals surface area (Å²) in [4.78, 5) is 0. The first kappa shape index (κ1) is 14.0. The van der Waals surface area contributed by atoms with Crippen LogP contribution in [0.25, 0.3) is 0 Å². The summed E-state index contributed by atoms with van der Waals surface area (Å²) in [5.41, 5.74) is 6.67. The minimum atomic E-state index is -0.206. The van der Waals surface area contributed by atoms with Crippen LogP contribution in [0.4, 0.5) is 10.1 Å². The van der Waals surface area contributed by atoms with E-state index in [0.717, 1.165) is 12.1 Å². The SMILES string of the molecule is CCCCCCC(CN)Nc1ccc(F)cc1. The van der Waals surface area contributed by atoms with Gasteiger partial charge in [-0.2, -0.15) is 0 Å². The first-order chi connectivity index (χ1) is 8.26. The summed E-state index contributed by atoms with van der Waals surface area (Å²) in [5, 5.41) is 3.34. The highest BCUT2D eigenvalue weighted by atomic mass is 19.1. The van der Waals surface area contributed by atoms with Gasteiger partial charge in [0.1, 0.15) is 5.82 Å². The molecule has 1 rings (SSSR count). The highest BCUT2D eigenvalue weighted by Crippen LogP contribution is 2.13. The third kappa shape index (κ3) is 5.68. The summed E-state index contributed by atoms with van der Waals surface area (Å²) in [6, 6.07) is 6.73. The Morgan fingerprint density at radius 2 is 1.88 bits per heavy atom. The molecule has 0 saturated carbocycles. The monoisotopic (exact) mass is 238 g/mol. The number of hydrogen-bond donors (Lipinski definition) is 2. The molecule has 0 aliphatic rings. The van der Waals surface area contributed by atoms with E-state index >= 15 is 0 Å². The fraction of sp³-hybridized carbons (Fsp3) is 0.571. The van der Waals surface area contributed by atoms with Crippen molar-refractivity contribution < 1.29 is 4.39 Å². The average molecular weight is 238 g/mol. The second-order valence-corrected chi connectivity index (χ2v) is 4.43. The third-order valence-electron chi connectivity index (χ3n) is 2.91. The van der Waals surface area contributed by atoms with Gasteiger partial charge in [0.2, 0.25) is 0 Å². The van der Waals surface area contributed by atoms with E-state index in [1.54, 1.807) is 12.1 Å². The summed E-state index contributed by atoms with van der Waals surface area (Å²) >= 11 is 0. The number of nitrogens with one attached hydrogen (secondary N) is 1. The third-order valence-corrected chi connectivity index (χ3v) is 2.91. The van der Waals surface area contributed by atoms with E-state index in [4.69, 9.17) is 5.73 Å². The van der Waals surface area contributed by atoms with Crippen LogP contribution in [0.5, 0.6) is 0 Å². The molecular weight excluding hydrogens is 215 g/mol. The van der Waals surface area contributed by atoms with Gasteiger partial charge in [0.05, 0.1) is 0 Å². The van der Waals surface area contributed by atoms with E-state index in [9.17, 15) is 4.39 Å². The Bertz CT molecular complexity index is 298. The van der Waals surface area contributed by atoms with E-state index in [1.165, 1.54) is 37.8 Å². The number of nitrogens with two attached hydrogens (primary N) is 1. The number of hydrogen-bond acceptors (Lipinski definition) is 2. The highest BCUT2D eigenvalue weighted by Gasteiger charge is 2.05.